The minimum atomic E-state index is -1.25. The second kappa shape index (κ2) is 4.93. The van der Waals surface area contributed by atoms with E-state index in [1.165, 1.54) is 0 Å². The minimum Gasteiger partial charge on any atom is -0.389 e. The maximum absolute atomic E-state index is 12.7. The van der Waals surface area contributed by atoms with Gasteiger partial charge >= 0.3 is 0 Å². The van der Waals surface area contributed by atoms with Crippen molar-refractivity contribution in [2.75, 3.05) is 5.75 Å². The fraction of sp³-hybridized carbons (Fsp3) is 0.375. The summed E-state index contributed by atoms with van der Waals surface area (Å²) in [6.45, 7) is 0. The highest BCUT2D eigenvalue weighted by Crippen LogP contribution is 2.25. The summed E-state index contributed by atoms with van der Waals surface area (Å²) in [5.74, 6) is -0.698. The van der Waals surface area contributed by atoms with Crippen LogP contribution in [0.1, 0.15) is 11.7 Å². The van der Waals surface area contributed by atoms with Crippen molar-refractivity contribution in [3.05, 3.63) is 28.8 Å². The van der Waals surface area contributed by atoms with Gasteiger partial charge in [-0.25, -0.2) is 4.98 Å². The van der Waals surface area contributed by atoms with Crippen LogP contribution in [0.2, 0.25) is 5.02 Å². The summed E-state index contributed by atoms with van der Waals surface area (Å²) in [7, 11) is 0. The molecule has 0 amide bonds. The van der Waals surface area contributed by atoms with Gasteiger partial charge in [0.1, 0.15) is 6.10 Å². The van der Waals surface area contributed by atoms with Crippen LogP contribution in [0.3, 0.4) is 0 Å². The van der Waals surface area contributed by atoms with E-state index in [0.29, 0.717) is 0 Å². The molecule has 0 aliphatic carbocycles. The summed E-state index contributed by atoms with van der Waals surface area (Å²) >= 11 is 9.47. The van der Waals surface area contributed by atoms with Crippen molar-refractivity contribution < 1.29 is 14.6 Å². The van der Waals surface area contributed by atoms with Crippen LogP contribution in [0.5, 0.6) is 0 Å². The highest BCUT2D eigenvalue weighted by atomic mass is 35.5. The maximum atomic E-state index is 12.7. The Bertz CT molecular complexity index is 326. The van der Waals surface area contributed by atoms with Crippen molar-refractivity contribution in [3.63, 3.8) is 0 Å². The highest BCUT2D eigenvalue weighted by Gasteiger charge is 2.20. The molecule has 1 aromatic rings. The molecule has 2 atom stereocenters. The van der Waals surface area contributed by atoms with Crippen LogP contribution in [-0.4, -0.2) is 27.1 Å². The van der Waals surface area contributed by atoms with Crippen molar-refractivity contribution >= 4 is 24.2 Å². The Morgan fingerprint density at radius 2 is 2.21 bits per heavy atom. The van der Waals surface area contributed by atoms with Gasteiger partial charge in [-0.3, -0.25) is 0 Å². The molecule has 2 unspecified atom stereocenters. The van der Waals surface area contributed by atoms with E-state index < -0.39 is 18.2 Å². The second-order valence-electron chi connectivity index (χ2n) is 2.72. The zero-order valence-electron chi connectivity index (χ0n) is 7.06. The first-order valence-corrected chi connectivity index (χ1v) is 4.85. The third-order valence-corrected chi connectivity index (χ3v) is 2.41. The van der Waals surface area contributed by atoms with Crippen LogP contribution in [0, 0.1) is 5.95 Å². The number of halogens is 2. The third-order valence-electron chi connectivity index (χ3n) is 1.72. The van der Waals surface area contributed by atoms with Crippen LogP contribution in [0.15, 0.2) is 12.3 Å². The molecule has 0 aromatic carbocycles. The van der Waals surface area contributed by atoms with E-state index in [1.54, 1.807) is 0 Å². The Labute approximate surface area is 91.0 Å². The molecule has 0 radical (unpaired) electrons. The zero-order valence-corrected chi connectivity index (χ0v) is 8.71. The molecule has 0 saturated heterocycles. The predicted molar refractivity (Wildman–Crippen MR) is 54.0 cm³/mol. The Kier molecular flexibility index (Phi) is 4.12. The van der Waals surface area contributed by atoms with E-state index in [0.717, 1.165) is 12.3 Å². The molecule has 1 aromatic heterocycles. The molecule has 1 heterocycles. The van der Waals surface area contributed by atoms with Gasteiger partial charge < -0.3 is 10.2 Å². The van der Waals surface area contributed by atoms with Crippen molar-refractivity contribution in [1.29, 1.82) is 0 Å². The van der Waals surface area contributed by atoms with E-state index in [2.05, 4.69) is 17.6 Å². The number of nitrogens with zero attached hydrogens (tertiary/aromatic N) is 1. The van der Waals surface area contributed by atoms with Crippen LogP contribution in [0.25, 0.3) is 0 Å². The minimum absolute atomic E-state index is 0.0570. The van der Waals surface area contributed by atoms with Gasteiger partial charge in [-0.15, -0.1) is 0 Å². The number of aromatic nitrogens is 1. The predicted octanol–water partition coefficient (Wildman–Crippen LogP) is 1.20. The molecular formula is C8H9ClFNO2S. The maximum Gasteiger partial charge on any atom is 0.213 e. The Morgan fingerprint density at radius 1 is 1.57 bits per heavy atom. The number of rotatable bonds is 3. The van der Waals surface area contributed by atoms with Crippen molar-refractivity contribution in [2.45, 2.75) is 12.2 Å². The second-order valence-corrected chi connectivity index (χ2v) is 3.50. The number of aliphatic hydroxyl groups excluding tert-OH is 2. The molecular weight excluding hydrogens is 229 g/mol. The monoisotopic (exact) mass is 237 g/mol. The van der Waals surface area contributed by atoms with Crippen LogP contribution in [0.4, 0.5) is 4.39 Å². The Hall–Kier alpha value is -0.360. The molecule has 0 spiro atoms. The summed E-state index contributed by atoms with van der Waals surface area (Å²) in [5.41, 5.74) is 0.112. The van der Waals surface area contributed by atoms with Gasteiger partial charge in [0.2, 0.25) is 5.95 Å². The van der Waals surface area contributed by atoms with Gasteiger partial charge in [0, 0.05) is 23.6 Å². The summed E-state index contributed by atoms with van der Waals surface area (Å²) in [6, 6.07) is 0.986. The molecule has 2 N–H and O–H groups in total. The van der Waals surface area contributed by atoms with Crippen LogP contribution >= 0.6 is 24.2 Å². The molecule has 6 heteroatoms. The number of aliphatic hydroxyl groups is 2. The third kappa shape index (κ3) is 2.57. The van der Waals surface area contributed by atoms with Gasteiger partial charge in [-0.1, -0.05) is 11.6 Å². The number of pyridine rings is 1. The summed E-state index contributed by atoms with van der Waals surface area (Å²) in [4.78, 5) is 3.30. The average Bonchev–Trinajstić information content (AvgIpc) is 2.19. The van der Waals surface area contributed by atoms with E-state index in [4.69, 9.17) is 11.6 Å². The lowest BCUT2D eigenvalue weighted by Crippen LogP contribution is -2.20. The van der Waals surface area contributed by atoms with E-state index in [9.17, 15) is 14.6 Å². The molecule has 14 heavy (non-hydrogen) atoms. The van der Waals surface area contributed by atoms with Gasteiger partial charge in [-0.05, 0) is 0 Å². The first-order chi connectivity index (χ1) is 6.56. The van der Waals surface area contributed by atoms with Gasteiger partial charge in [0.05, 0.1) is 11.1 Å². The van der Waals surface area contributed by atoms with Crippen molar-refractivity contribution in [3.8, 4) is 0 Å². The Morgan fingerprint density at radius 3 is 2.79 bits per heavy atom. The highest BCUT2D eigenvalue weighted by molar-refractivity contribution is 7.80. The zero-order chi connectivity index (χ0) is 10.7. The fourth-order valence-electron chi connectivity index (χ4n) is 0.961. The lowest BCUT2D eigenvalue weighted by atomic mass is 10.1. The molecule has 0 bridgehead atoms. The lowest BCUT2D eigenvalue weighted by Gasteiger charge is -2.16. The first kappa shape index (κ1) is 11.7. The average molecular weight is 238 g/mol. The molecule has 0 aliphatic rings. The fourth-order valence-corrected chi connectivity index (χ4v) is 1.38. The van der Waals surface area contributed by atoms with Crippen LogP contribution in [-0.2, 0) is 0 Å². The molecule has 0 saturated carbocycles. The van der Waals surface area contributed by atoms with Gasteiger partial charge in [-0.2, -0.15) is 17.0 Å². The molecule has 78 valence electrons. The summed E-state index contributed by atoms with van der Waals surface area (Å²) in [6.07, 6.45) is -1.25. The van der Waals surface area contributed by atoms with E-state index in [1.807, 2.05) is 0 Å². The standard InChI is InChI=1S/C8H9ClFNO2S/c9-5-2-11-7(10)1-4(5)8(13)6(12)3-14/h1-2,6,8,12-14H,3H2. The SMILES string of the molecule is OC(CS)C(O)c1cc(F)ncc1Cl. The molecule has 1 rings (SSSR count). The molecule has 3 nitrogen and oxygen atoms in total. The molecule has 0 aliphatic heterocycles. The van der Waals surface area contributed by atoms with Crippen molar-refractivity contribution in [1.82, 2.24) is 4.98 Å². The van der Waals surface area contributed by atoms with E-state index in [-0.39, 0.29) is 16.3 Å². The smallest absolute Gasteiger partial charge is 0.213 e. The van der Waals surface area contributed by atoms with Crippen LogP contribution < -0.4 is 0 Å². The lowest BCUT2D eigenvalue weighted by molar-refractivity contribution is 0.0335. The summed E-state index contributed by atoms with van der Waals surface area (Å²) < 4.78 is 12.7. The van der Waals surface area contributed by atoms with Gasteiger partial charge in [0.25, 0.3) is 0 Å². The number of hydrogen-bond acceptors (Lipinski definition) is 4. The number of hydrogen-bond donors (Lipinski definition) is 3. The first-order valence-electron chi connectivity index (χ1n) is 3.84. The summed E-state index contributed by atoms with van der Waals surface area (Å²) in [5, 5.41) is 18.9. The normalized spacial score (nSPS) is 15.2. The molecule has 0 fully saturated rings. The topological polar surface area (TPSA) is 53.4 Å². The largest absolute Gasteiger partial charge is 0.389 e. The number of thiol groups is 1. The quantitative estimate of drug-likeness (QED) is 0.547. The van der Waals surface area contributed by atoms with Gasteiger partial charge in [0.15, 0.2) is 0 Å². The Balaban J connectivity index is 2.99. The van der Waals surface area contributed by atoms with E-state index >= 15 is 0 Å². The van der Waals surface area contributed by atoms with Crippen molar-refractivity contribution in [2.24, 2.45) is 0 Å².